The number of anilines is 3. The standard InChI is InChI=1S/C27H31N7O5S2/c1-17(2)21-4-5-24(33-11-18(12-33)16-40(3,35)36)23-10-29-26(8-22(21)23)31-25-6-7-28-27(32-25)19-9-30-34(13-19)41(37,38)20-14-39-15-20/h4-10,13,17-18,20H,11-12,14-16H2,1-3H3,(H,28,29,31,32). The predicted octanol–water partition coefficient (Wildman–Crippen LogP) is 2.81. The number of sulfone groups is 1. The van der Waals surface area contributed by atoms with Crippen molar-refractivity contribution < 1.29 is 21.6 Å². The van der Waals surface area contributed by atoms with Gasteiger partial charge in [-0.25, -0.2) is 31.8 Å². The largest absolute Gasteiger partial charge is 0.378 e. The summed E-state index contributed by atoms with van der Waals surface area (Å²) in [6.45, 7) is 5.99. The fourth-order valence-electron chi connectivity index (χ4n) is 5.19. The van der Waals surface area contributed by atoms with Gasteiger partial charge in [-0.3, -0.25) is 0 Å². The maximum Gasteiger partial charge on any atom is 0.261 e. The van der Waals surface area contributed by atoms with Crippen LogP contribution in [0.5, 0.6) is 0 Å². The Morgan fingerprint density at radius 2 is 1.80 bits per heavy atom. The molecule has 3 aromatic heterocycles. The fourth-order valence-corrected chi connectivity index (χ4v) is 7.54. The zero-order valence-electron chi connectivity index (χ0n) is 22.9. The lowest BCUT2D eigenvalue weighted by Crippen LogP contribution is -2.49. The van der Waals surface area contributed by atoms with Gasteiger partial charge in [-0.15, -0.1) is 0 Å². The van der Waals surface area contributed by atoms with Crippen LogP contribution in [0, 0.1) is 5.92 Å². The molecule has 0 atom stereocenters. The van der Waals surface area contributed by atoms with Crippen molar-refractivity contribution in [1.29, 1.82) is 0 Å². The first-order valence-corrected chi connectivity index (χ1v) is 16.9. The second-order valence-corrected chi connectivity index (χ2v) is 15.3. The third-order valence-corrected chi connectivity index (χ3v) is 10.3. The van der Waals surface area contributed by atoms with E-state index in [1.165, 1.54) is 24.2 Å². The van der Waals surface area contributed by atoms with Crippen molar-refractivity contribution in [3.05, 3.63) is 54.6 Å². The Balaban J connectivity index is 1.25. The average molecular weight is 598 g/mol. The molecule has 0 unspecified atom stereocenters. The summed E-state index contributed by atoms with van der Waals surface area (Å²) in [6.07, 6.45) is 7.55. The smallest absolute Gasteiger partial charge is 0.261 e. The van der Waals surface area contributed by atoms with E-state index in [1.807, 2.05) is 12.3 Å². The number of benzene rings is 1. The molecule has 216 valence electrons. The molecule has 0 amide bonds. The zero-order chi connectivity index (χ0) is 28.9. The molecular weight excluding hydrogens is 566 g/mol. The van der Waals surface area contributed by atoms with Crippen molar-refractivity contribution in [2.45, 2.75) is 25.0 Å². The molecule has 14 heteroatoms. The van der Waals surface area contributed by atoms with Gasteiger partial charge < -0.3 is 15.0 Å². The monoisotopic (exact) mass is 597 g/mol. The van der Waals surface area contributed by atoms with Crippen LogP contribution in [0.3, 0.4) is 0 Å². The maximum atomic E-state index is 12.6. The molecule has 1 aromatic carbocycles. The van der Waals surface area contributed by atoms with Gasteiger partial charge >= 0.3 is 0 Å². The van der Waals surface area contributed by atoms with E-state index in [0.29, 0.717) is 36.1 Å². The molecule has 12 nitrogen and oxygen atoms in total. The summed E-state index contributed by atoms with van der Waals surface area (Å²) < 4.78 is 54.7. The molecular formula is C27H31N7O5S2. The summed E-state index contributed by atoms with van der Waals surface area (Å²) in [4.78, 5) is 15.7. The maximum absolute atomic E-state index is 12.6. The summed E-state index contributed by atoms with van der Waals surface area (Å²) in [5.74, 6) is 2.03. The molecule has 0 saturated carbocycles. The molecule has 0 aliphatic carbocycles. The minimum Gasteiger partial charge on any atom is -0.378 e. The van der Waals surface area contributed by atoms with E-state index in [2.05, 4.69) is 56.2 Å². The van der Waals surface area contributed by atoms with Crippen LogP contribution in [0.1, 0.15) is 25.3 Å². The molecule has 0 bridgehead atoms. The lowest BCUT2D eigenvalue weighted by Gasteiger charge is -2.41. The molecule has 2 aliphatic rings. The highest BCUT2D eigenvalue weighted by atomic mass is 32.2. The van der Waals surface area contributed by atoms with Crippen molar-refractivity contribution in [2.24, 2.45) is 5.92 Å². The number of hydrogen-bond donors (Lipinski definition) is 1. The first-order valence-electron chi connectivity index (χ1n) is 13.3. The van der Waals surface area contributed by atoms with E-state index in [4.69, 9.17) is 4.74 Å². The van der Waals surface area contributed by atoms with E-state index in [0.717, 1.165) is 20.5 Å². The van der Waals surface area contributed by atoms with Crippen LogP contribution in [-0.2, 0) is 24.6 Å². The Labute approximate surface area is 238 Å². The lowest BCUT2D eigenvalue weighted by atomic mass is 9.93. The third kappa shape index (κ3) is 5.51. The highest BCUT2D eigenvalue weighted by molar-refractivity contribution is 7.90. The predicted molar refractivity (Wildman–Crippen MR) is 157 cm³/mol. The van der Waals surface area contributed by atoms with Gasteiger partial charge in [0.15, 0.2) is 5.82 Å². The number of fused-ring (bicyclic) bond motifs is 1. The Bertz CT molecular complexity index is 1830. The van der Waals surface area contributed by atoms with Crippen molar-refractivity contribution >= 4 is 48.0 Å². The van der Waals surface area contributed by atoms with Crippen molar-refractivity contribution in [3.63, 3.8) is 0 Å². The minimum absolute atomic E-state index is 0.130. The second kappa shape index (κ2) is 10.3. The highest BCUT2D eigenvalue weighted by Crippen LogP contribution is 2.37. The van der Waals surface area contributed by atoms with Crippen molar-refractivity contribution in [2.75, 3.05) is 48.5 Å². The summed E-state index contributed by atoms with van der Waals surface area (Å²) in [6, 6.07) is 7.93. The molecule has 0 radical (unpaired) electrons. The van der Waals surface area contributed by atoms with E-state index >= 15 is 0 Å². The molecule has 2 fully saturated rings. The lowest BCUT2D eigenvalue weighted by molar-refractivity contribution is 0.0410. The first-order chi connectivity index (χ1) is 19.5. The molecule has 1 N–H and O–H groups in total. The Kier molecular flexibility index (Phi) is 6.94. The van der Waals surface area contributed by atoms with Gasteiger partial charge in [0.2, 0.25) is 0 Å². The van der Waals surface area contributed by atoms with Gasteiger partial charge in [-0.2, -0.15) is 9.19 Å². The zero-order valence-corrected chi connectivity index (χ0v) is 24.6. The second-order valence-electron chi connectivity index (χ2n) is 11.0. The Morgan fingerprint density at radius 1 is 1.02 bits per heavy atom. The summed E-state index contributed by atoms with van der Waals surface area (Å²) in [5.41, 5.74) is 2.69. The summed E-state index contributed by atoms with van der Waals surface area (Å²) in [7, 11) is -6.64. The number of nitrogens with one attached hydrogen (secondary N) is 1. The van der Waals surface area contributed by atoms with Crippen molar-refractivity contribution in [1.82, 2.24) is 24.1 Å². The van der Waals surface area contributed by atoms with Crippen LogP contribution < -0.4 is 10.2 Å². The number of nitrogens with zero attached hydrogens (tertiary/aromatic N) is 6. The topological polar surface area (TPSA) is 149 Å². The SMILES string of the molecule is CC(C)c1ccc(N2CC(CS(C)(=O)=O)C2)c2cnc(Nc3ccnc(-c4cnn(S(=O)(=O)C5COC5)c4)n3)cc12. The molecule has 6 rings (SSSR count). The fraction of sp³-hybridized carbons (Fsp3) is 0.407. The van der Waals surface area contributed by atoms with Gasteiger partial charge in [0.25, 0.3) is 10.0 Å². The van der Waals surface area contributed by atoms with E-state index < -0.39 is 25.1 Å². The minimum atomic E-state index is -3.63. The summed E-state index contributed by atoms with van der Waals surface area (Å²) in [5, 5.41) is 8.74. The molecule has 4 aromatic rings. The van der Waals surface area contributed by atoms with Crippen LogP contribution >= 0.6 is 0 Å². The van der Waals surface area contributed by atoms with Gasteiger partial charge in [0.1, 0.15) is 26.7 Å². The van der Waals surface area contributed by atoms with Crippen LogP contribution in [-0.4, -0.2) is 84.5 Å². The highest BCUT2D eigenvalue weighted by Gasteiger charge is 2.35. The number of hydrogen-bond acceptors (Lipinski definition) is 11. The van der Waals surface area contributed by atoms with Crippen LogP contribution in [0.4, 0.5) is 17.3 Å². The van der Waals surface area contributed by atoms with Crippen LogP contribution in [0.25, 0.3) is 22.2 Å². The number of ether oxygens (including phenoxy) is 1. The molecule has 41 heavy (non-hydrogen) atoms. The van der Waals surface area contributed by atoms with Gasteiger partial charge in [0, 0.05) is 48.7 Å². The number of rotatable bonds is 9. The molecule has 0 spiro atoms. The molecule has 5 heterocycles. The molecule has 2 aliphatic heterocycles. The Hall–Kier alpha value is -3.62. The molecule has 2 saturated heterocycles. The van der Waals surface area contributed by atoms with E-state index in [1.54, 1.807) is 12.3 Å². The van der Waals surface area contributed by atoms with Crippen molar-refractivity contribution in [3.8, 4) is 11.4 Å². The van der Waals surface area contributed by atoms with Crippen LogP contribution in [0.2, 0.25) is 0 Å². The van der Waals surface area contributed by atoms with Crippen LogP contribution in [0.15, 0.2) is 49.1 Å². The number of pyridine rings is 1. The first kappa shape index (κ1) is 27.5. The van der Waals surface area contributed by atoms with E-state index in [-0.39, 0.29) is 30.8 Å². The quantitative estimate of drug-likeness (QED) is 0.303. The van der Waals surface area contributed by atoms with Gasteiger partial charge in [-0.05, 0) is 35.1 Å². The van der Waals surface area contributed by atoms with Gasteiger partial charge in [-0.1, -0.05) is 19.9 Å². The third-order valence-electron chi connectivity index (χ3n) is 7.39. The Morgan fingerprint density at radius 3 is 2.49 bits per heavy atom. The van der Waals surface area contributed by atoms with Gasteiger partial charge in [0.05, 0.1) is 36.9 Å². The summed E-state index contributed by atoms with van der Waals surface area (Å²) >= 11 is 0. The normalized spacial score (nSPS) is 16.6. The van der Waals surface area contributed by atoms with E-state index in [9.17, 15) is 16.8 Å². The average Bonchev–Trinajstić information content (AvgIpc) is 3.35. The number of aromatic nitrogens is 5.